The Hall–Kier alpha value is -1.02. The molecular formula is C17H24O2. The van der Waals surface area contributed by atoms with Gasteiger partial charge in [-0.25, -0.2) is 0 Å². The van der Waals surface area contributed by atoms with Crippen molar-refractivity contribution in [2.75, 3.05) is 0 Å². The highest BCUT2D eigenvalue weighted by atomic mass is 16.5. The van der Waals surface area contributed by atoms with Crippen LogP contribution in [0.5, 0.6) is 5.75 Å². The fourth-order valence-corrected chi connectivity index (χ4v) is 3.40. The molecule has 1 fully saturated rings. The summed E-state index contributed by atoms with van der Waals surface area (Å²) in [6.07, 6.45) is 6.55. The maximum atomic E-state index is 10.3. The van der Waals surface area contributed by atoms with Gasteiger partial charge in [-0.2, -0.15) is 0 Å². The topological polar surface area (TPSA) is 29.5 Å². The zero-order chi connectivity index (χ0) is 13.5. The highest BCUT2D eigenvalue weighted by Crippen LogP contribution is 2.39. The molecule has 0 bridgehead atoms. The van der Waals surface area contributed by atoms with Gasteiger partial charge in [0, 0.05) is 0 Å². The van der Waals surface area contributed by atoms with E-state index in [2.05, 4.69) is 32.0 Å². The first-order valence-corrected chi connectivity index (χ1v) is 7.53. The Labute approximate surface area is 115 Å². The molecule has 104 valence electrons. The summed E-state index contributed by atoms with van der Waals surface area (Å²) in [7, 11) is 0. The molecule has 1 aromatic carbocycles. The Kier molecular flexibility index (Phi) is 3.30. The summed E-state index contributed by atoms with van der Waals surface area (Å²) >= 11 is 0. The van der Waals surface area contributed by atoms with Crippen LogP contribution in [0, 0.1) is 5.41 Å². The Morgan fingerprint density at radius 1 is 1.16 bits per heavy atom. The SMILES string of the molecule is CC1(C)CCC(Oc2ccc3c(c2)CCCC3)C1O. The van der Waals surface area contributed by atoms with Crippen LogP contribution < -0.4 is 4.74 Å². The van der Waals surface area contributed by atoms with E-state index in [-0.39, 0.29) is 17.6 Å². The maximum Gasteiger partial charge on any atom is 0.125 e. The van der Waals surface area contributed by atoms with Gasteiger partial charge in [0.15, 0.2) is 0 Å². The predicted molar refractivity (Wildman–Crippen MR) is 76.5 cm³/mol. The molecule has 1 aromatic rings. The van der Waals surface area contributed by atoms with E-state index in [1.165, 1.54) is 36.8 Å². The van der Waals surface area contributed by atoms with Crippen LogP contribution in [-0.4, -0.2) is 17.3 Å². The highest BCUT2D eigenvalue weighted by molar-refractivity contribution is 5.37. The first kappa shape index (κ1) is 13.0. The number of benzene rings is 1. The number of aliphatic hydroxyl groups excluding tert-OH is 1. The predicted octanol–water partition coefficient (Wildman–Crippen LogP) is 3.49. The van der Waals surface area contributed by atoms with Gasteiger partial charge in [0.05, 0.1) is 6.10 Å². The molecule has 0 aromatic heterocycles. The highest BCUT2D eigenvalue weighted by Gasteiger charge is 2.42. The minimum Gasteiger partial charge on any atom is -0.488 e. The van der Waals surface area contributed by atoms with Crippen LogP contribution in [0.1, 0.15) is 50.7 Å². The van der Waals surface area contributed by atoms with Crippen LogP contribution in [0.2, 0.25) is 0 Å². The van der Waals surface area contributed by atoms with E-state index in [0.717, 1.165) is 18.6 Å². The van der Waals surface area contributed by atoms with Gasteiger partial charge in [0.2, 0.25) is 0 Å². The lowest BCUT2D eigenvalue weighted by molar-refractivity contribution is 0.00489. The molecule has 0 spiro atoms. The summed E-state index contributed by atoms with van der Waals surface area (Å²) in [5.74, 6) is 0.933. The van der Waals surface area contributed by atoms with Crippen molar-refractivity contribution in [3.8, 4) is 5.75 Å². The van der Waals surface area contributed by atoms with Crippen molar-refractivity contribution in [2.24, 2.45) is 5.41 Å². The summed E-state index contributed by atoms with van der Waals surface area (Å²) in [5, 5.41) is 10.3. The average molecular weight is 260 g/mol. The van der Waals surface area contributed by atoms with E-state index in [9.17, 15) is 5.11 Å². The van der Waals surface area contributed by atoms with Crippen LogP contribution in [0.4, 0.5) is 0 Å². The molecule has 2 aliphatic rings. The number of rotatable bonds is 2. The number of hydrogen-bond acceptors (Lipinski definition) is 2. The third-order valence-corrected chi connectivity index (χ3v) is 4.83. The second-order valence-corrected chi connectivity index (χ2v) is 6.77. The molecule has 0 saturated heterocycles. The van der Waals surface area contributed by atoms with E-state index in [0.29, 0.717) is 0 Å². The van der Waals surface area contributed by atoms with Crippen molar-refractivity contribution in [1.29, 1.82) is 0 Å². The fourth-order valence-electron chi connectivity index (χ4n) is 3.40. The zero-order valence-corrected chi connectivity index (χ0v) is 12.0. The number of fused-ring (bicyclic) bond motifs is 1. The summed E-state index contributed by atoms with van der Waals surface area (Å²) < 4.78 is 6.04. The van der Waals surface area contributed by atoms with E-state index in [4.69, 9.17) is 4.74 Å². The average Bonchev–Trinajstić information content (AvgIpc) is 2.66. The standard InChI is InChI=1S/C17H24O2/c1-17(2)10-9-15(16(17)18)19-14-8-7-12-5-3-4-6-13(12)11-14/h7-8,11,15-16,18H,3-6,9-10H2,1-2H3. The molecule has 1 saturated carbocycles. The van der Waals surface area contributed by atoms with E-state index >= 15 is 0 Å². The van der Waals surface area contributed by atoms with Gasteiger partial charge < -0.3 is 9.84 Å². The van der Waals surface area contributed by atoms with Crippen LogP contribution in [0.15, 0.2) is 18.2 Å². The van der Waals surface area contributed by atoms with Crippen molar-refractivity contribution >= 4 is 0 Å². The Morgan fingerprint density at radius 3 is 2.58 bits per heavy atom. The third-order valence-electron chi connectivity index (χ3n) is 4.83. The van der Waals surface area contributed by atoms with Gasteiger partial charge >= 0.3 is 0 Å². The molecule has 0 amide bonds. The van der Waals surface area contributed by atoms with Gasteiger partial charge in [-0.15, -0.1) is 0 Å². The first-order chi connectivity index (χ1) is 9.06. The zero-order valence-electron chi connectivity index (χ0n) is 12.0. The lowest BCUT2D eigenvalue weighted by Gasteiger charge is -2.26. The van der Waals surface area contributed by atoms with E-state index in [1.54, 1.807) is 0 Å². The largest absolute Gasteiger partial charge is 0.488 e. The smallest absolute Gasteiger partial charge is 0.125 e. The van der Waals surface area contributed by atoms with E-state index in [1.807, 2.05) is 0 Å². The maximum absolute atomic E-state index is 10.3. The van der Waals surface area contributed by atoms with Crippen LogP contribution in [-0.2, 0) is 12.8 Å². The number of aryl methyl sites for hydroxylation is 2. The number of aliphatic hydroxyl groups is 1. The lowest BCUT2D eigenvalue weighted by atomic mass is 9.89. The number of hydrogen-bond donors (Lipinski definition) is 1. The molecule has 2 atom stereocenters. The summed E-state index contributed by atoms with van der Waals surface area (Å²) in [6, 6.07) is 6.46. The second-order valence-electron chi connectivity index (χ2n) is 6.77. The quantitative estimate of drug-likeness (QED) is 0.882. The Balaban J connectivity index is 1.74. The van der Waals surface area contributed by atoms with Crippen molar-refractivity contribution in [3.63, 3.8) is 0 Å². The molecule has 19 heavy (non-hydrogen) atoms. The molecule has 0 heterocycles. The fraction of sp³-hybridized carbons (Fsp3) is 0.647. The first-order valence-electron chi connectivity index (χ1n) is 7.53. The van der Waals surface area contributed by atoms with E-state index < -0.39 is 0 Å². The molecule has 3 rings (SSSR count). The minimum absolute atomic E-state index is 0.0150. The van der Waals surface area contributed by atoms with Gasteiger partial charge in [0.25, 0.3) is 0 Å². The number of ether oxygens (including phenoxy) is 1. The normalized spacial score (nSPS) is 29.0. The monoisotopic (exact) mass is 260 g/mol. The van der Waals surface area contributed by atoms with Crippen molar-refractivity contribution in [3.05, 3.63) is 29.3 Å². The van der Waals surface area contributed by atoms with Gasteiger partial charge in [-0.1, -0.05) is 19.9 Å². The van der Waals surface area contributed by atoms with Crippen molar-refractivity contribution < 1.29 is 9.84 Å². The Bertz CT molecular complexity index is 464. The molecule has 2 aliphatic carbocycles. The summed E-state index contributed by atoms with van der Waals surface area (Å²) in [5.41, 5.74) is 2.90. The van der Waals surface area contributed by atoms with Gasteiger partial charge in [-0.05, 0) is 67.2 Å². The molecule has 0 aliphatic heterocycles. The van der Waals surface area contributed by atoms with Crippen molar-refractivity contribution in [2.45, 2.75) is 64.6 Å². The Morgan fingerprint density at radius 2 is 1.89 bits per heavy atom. The molecule has 0 radical (unpaired) electrons. The van der Waals surface area contributed by atoms with Crippen LogP contribution in [0.3, 0.4) is 0 Å². The van der Waals surface area contributed by atoms with Gasteiger partial charge in [0.1, 0.15) is 11.9 Å². The van der Waals surface area contributed by atoms with Crippen LogP contribution in [0.25, 0.3) is 0 Å². The molecule has 1 N–H and O–H groups in total. The van der Waals surface area contributed by atoms with Crippen LogP contribution >= 0.6 is 0 Å². The lowest BCUT2D eigenvalue weighted by Crippen LogP contribution is -2.34. The van der Waals surface area contributed by atoms with Gasteiger partial charge in [-0.3, -0.25) is 0 Å². The molecular weight excluding hydrogens is 236 g/mol. The second kappa shape index (κ2) is 4.82. The third kappa shape index (κ3) is 2.51. The summed E-state index contributed by atoms with van der Waals surface area (Å²) in [6.45, 7) is 4.24. The summed E-state index contributed by atoms with van der Waals surface area (Å²) in [4.78, 5) is 0. The molecule has 2 heteroatoms. The minimum atomic E-state index is -0.358. The molecule has 2 unspecified atom stereocenters. The molecule has 2 nitrogen and oxygen atoms in total. The van der Waals surface area contributed by atoms with Crippen molar-refractivity contribution in [1.82, 2.24) is 0 Å².